The van der Waals surface area contributed by atoms with Gasteiger partial charge in [0.2, 0.25) is 5.82 Å². The molecular weight excluding hydrogens is 230 g/mol. The van der Waals surface area contributed by atoms with Gasteiger partial charge in [0, 0.05) is 12.0 Å². The van der Waals surface area contributed by atoms with Gasteiger partial charge in [-0.1, -0.05) is 27.7 Å². The van der Waals surface area contributed by atoms with E-state index < -0.39 is 0 Å². The summed E-state index contributed by atoms with van der Waals surface area (Å²) in [5.74, 6) is 0.710. The summed E-state index contributed by atoms with van der Waals surface area (Å²) in [6.07, 6.45) is 0.899. The second-order valence-corrected chi connectivity index (χ2v) is 5.22. The number of carbonyl (C=O) groups excluding carboxylic acids is 1. The van der Waals surface area contributed by atoms with Crippen molar-refractivity contribution in [1.82, 2.24) is 25.8 Å². The summed E-state index contributed by atoms with van der Waals surface area (Å²) in [6, 6.07) is 0. The molecule has 1 heterocycles. The molecule has 18 heavy (non-hydrogen) atoms. The number of aromatic nitrogens is 3. The van der Waals surface area contributed by atoms with Crippen molar-refractivity contribution in [2.75, 3.05) is 19.6 Å². The maximum Gasteiger partial charge on any atom is 0.290 e. The van der Waals surface area contributed by atoms with Gasteiger partial charge in [0.25, 0.3) is 5.91 Å². The Bertz CT molecular complexity index is 380. The van der Waals surface area contributed by atoms with Gasteiger partial charge in [-0.2, -0.15) is 0 Å². The highest BCUT2D eigenvalue weighted by atomic mass is 16.2. The van der Waals surface area contributed by atoms with Crippen molar-refractivity contribution >= 4 is 5.91 Å². The fourth-order valence-electron chi connectivity index (χ4n) is 1.37. The lowest BCUT2D eigenvalue weighted by molar-refractivity contribution is 0.0943. The summed E-state index contributed by atoms with van der Waals surface area (Å²) >= 11 is 0. The van der Waals surface area contributed by atoms with Crippen LogP contribution in [0.15, 0.2) is 0 Å². The number of nitrogens with zero attached hydrogens (tertiary/aromatic N) is 2. The zero-order chi connectivity index (χ0) is 13.6. The van der Waals surface area contributed by atoms with Gasteiger partial charge in [-0.25, -0.2) is 4.98 Å². The van der Waals surface area contributed by atoms with Crippen LogP contribution in [0.4, 0.5) is 0 Å². The third-order valence-electron chi connectivity index (χ3n) is 2.46. The maximum absolute atomic E-state index is 11.7. The van der Waals surface area contributed by atoms with E-state index in [9.17, 15) is 4.79 Å². The van der Waals surface area contributed by atoms with Crippen molar-refractivity contribution in [3.8, 4) is 0 Å². The minimum atomic E-state index is -0.224. The minimum absolute atomic E-state index is 0.128. The number of hydrogen-bond donors (Lipinski definition) is 3. The molecule has 0 aromatic carbocycles. The molecule has 0 radical (unpaired) electrons. The number of nitrogens with one attached hydrogen (secondary N) is 3. The van der Waals surface area contributed by atoms with Crippen LogP contribution in [-0.2, 0) is 5.41 Å². The lowest BCUT2D eigenvalue weighted by atomic mass is 9.96. The van der Waals surface area contributed by atoms with E-state index in [0.717, 1.165) is 25.3 Å². The van der Waals surface area contributed by atoms with Crippen LogP contribution in [0.2, 0.25) is 0 Å². The number of carbonyl (C=O) groups is 1. The monoisotopic (exact) mass is 253 g/mol. The molecule has 1 aromatic rings. The lowest BCUT2D eigenvalue weighted by Gasteiger charge is -2.12. The molecule has 6 heteroatoms. The zero-order valence-corrected chi connectivity index (χ0v) is 11.6. The Balaban J connectivity index is 2.40. The van der Waals surface area contributed by atoms with E-state index in [4.69, 9.17) is 0 Å². The van der Waals surface area contributed by atoms with Gasteiger partial charge >= 0.3 is 0 Å². The topological polar surface area (TPSA) is 82.7 Å². The summed E-state index contributed by atoms with van der Waals surface area (Å²) in [6.45, 7) is 10.6. The number of amides is 1. The zero-order valence-electron chi connectivity index (χ0n) is 11.6. The van der Waals surface area contributed by atoms with Crippen LogP contribution in [0.25, 0.3) is 0 Å². The van der Waals surface area contributed by atoms with Crippen LogP contribution in [0.1, 0.15) is 50.6 Å². The molecule has 0 bridgehead atoms. The summed E-state index contributed by atoms with van der Waals surface area (Å²) in [4.78, 5) is 15.9. The van der Waals surface area contributed by atoms with E-state index >= 15 is 0 Å². The Labute approximate surface area is 108 Å². The van der Waals surface area contributed by atoms with Crippen molar-refractivity contribution < 1.29 is 4.79 Å². The van der Waals surface area contributed by atoms with Crippen LogP contribution in [0.5, 0.6) is 0 Å². The third kappa shape index (κ3) is 4.44. The standard InChI is InChI=1S/C12H23N5O/c1-5-13-7-6-8-14-10(18)9-15-11(17-16-9)12(2,3)4/h13H,5-8H2,1-4H3,(H,14,18)(H,15,16,17). The molecule has 0 spiro atoms. The molecule has 0 aliphatic heterocycles. The molecule has 0 atom stereocenters. The van der Waals surface area contributed by atoms with E-state index in [-0.39, 0.29) is 17.1 Å². The number of hydrogen-bond acceptors (Lipinski definition) is 4. The molecule has 0 fully saturated rings. The number of H-pyrrole nitrogens is 1. The van der Waals surface area contributed by atoms with Crippen molar-refractivity contribution in [2.24, 2.45) is 0 Å². The van der Waals surface area contributed by atoms with Crippen molar-refractivity contribution in [3.63, 3.8) is 0 Å². The van der Waals surface area contributed by atoms with E-state index in [2.05, 4.69) is 32.7 Å². The molecule has 0 unspecified atom stereocenters. The van der Waals surface area contributed by atoms with Crippen molar-refractivity contribution in [3.05, 3.63) is 11.6 Å². The fourth-order valence-corrected chi connectivity index (χ4v) is 1.37. The Morgan fingerprint density at radius 3 is 2.61 bits per heavy atom. The van der Waals surface area contributed by atoms with Gasteiger partial charge < -0.3 is 10.6 Å². The molecular formula is C12H23N5O. The van der Waals surface area contributed by atoms with Gasteiger partial charge in [-0.15, -0.1) is 5.10 Å². The smallest absolute Gasteiger partial charge is 0.290 e. The van der Waals surface area contributed by atoms with E-state index in [1.54, 1.807) is 0 Å². The molecule has 0 saturated carbocycles. The van der Waals surface area contributed by atoms with Crippen LogP contribution in [-0.4, -0.2) is 40.7 Å². The summed E-state index contributed by atoms with van der Waals surface area (Å²) in [5, 5.41) is 12.7. The van der Waals surface area contributed by atoms with Crippen LogP contribution in [0, 0.1) is 0 Å². The predicted octanol–water partition coefficient (Wildman–Crippen LogP) is 0.832. The molecule has 6 nitrogen and oxygen atoms in total. The summed E-state index contributed by atoms with van der Waals surface area (Å²) in [7, 11) is 0. The third-order valence-corrected chi connectivity index (χ3v) is 2.46. The van der Waals surface area contributed by atoms with Crippen LogP contribution < -0.4 is 10.6 Å². The van der Waals surface area contributed by atoms with E-state index in [1.807, 2.05) is 20.8 Å². The number of rotatable bonds is 6. The van der Waals surface area contributed by atoms with Crippen molar-refractivity contribution in [2.45, 2.75) is 39.5 Å². The van der Waals surface area contributed by atoms with Gasteiger partial charge in [-0.3, -0.25) is 9.89 Å². The molecule has 0 aliphatic carbocycles. The van der Waals surface area contributed by atoms with Gasteiger partial charge in [-0.05, 0) is 19.5 Å². The highest BCUT2D eigenvalue weighted by molar-refractivity contribution is 5.90. The Hall–Kier alpha value is -1.43. The second-order valence-electron chi connectivity index (χ2n) is 5.22. The first-order valence-electron chi connectivity index (χ1n) is 6.37. The van der Waals surface area contributed by atoms with Crippen molar-refractivity contribution in [1.29, 1.82) is 0 Å². The quantitative estimate of drug-likeness (QED) is 0.656. The SMILES string of the molecule is CCNCCCNC(=O)c1n[nH]c(C(C)(C)C)n1. The second kappa shape index (κ2) is 6.49. The van der Waals surface area contributed by atoms with E-state index in [1.165, 1.54) is 0 Å². The Morgan fingerprint density at radius 1 is 1.33 bits per heavy atom. The highest BCUT2D eigenvalue weighted by Gasteiger charge is 2.20. The Kier molecular flexibility index (Phi) is 5.27. The average Bonchev–Trinajstić information content (AvgIpc) is 2.77. The molecule has 0 saturated heterocycles. The predicted molar refractivity (Wildman–Crippen MR) is 70.6 cm³/mol. The molecule has 102 valence electrons. The first-order valence-corrected chi connectivity index (χ1v) is 6.37. The minimum Gasteiger partial charge on any atom is -0.349 e. The summed E-state index contributed by atoms with van der Waals surface area (Å²) < 4.78 is 0. The van der Waals surface area contributed by atoms with Crippen LogP contribution >= 0.6 is 0 Å². The molecule has 3 N–H and O–H groups in total. The number of aromatic amines is 1. The Morgan fingerprint density at radius 2 is 2.06 bits per heavy atom. The summed E-state index contributed by atoms with van der Waals surface area (Å²) in [5.41, 5.74) is -0.128. The maximum atomic E-state index is 11.7. The first-order chi connectivity index (χ1) is 8.45. The fraction of sp³-hybridized carbons (Fsp3) is 0.750. The van der Waals surface area contributed by atoms with Gasteiger partial charge in [0.1, 0.15) is 5.82 Å². The molecule has 0 aliphatic rings. The molecule has 1 amide bonds. The normalized spacial score (nSPS) is 11.6. The highest BCUT2D eigenvalue weighted by Crippen LogP contribution is 2.17. The van der Waals surface area contributed by atoms with Gasteiger partial charge in [0.05, 0.1) is 0 Å². The largest absolute Gasteiger partial charge is 0.349 e. The molecule has 1 aromatic heterocycles. The molecule has 1 rings (SSSR count). The first kappa shape index (κ1) is 14.6. The van der Waals surface area contributed by atoms with Gasteiger partial charge in [0.15, 0.2) is 0 Å². The lowest BCUT2D eigenvalue weighted by Crippen LogP contribution is -2.28. The van der Waals surface area contributed by atoms with Crippen LogP contribution in [0.3, 0.4) is 0 Å². The average molecular weight is 253 g/mol. The van der Waals surface area contributed by atoms with E-state index in [0.29, 0.717) is 6.54 Å².